The van der Waals surface area contributed by atoms with E-state index in [-0.39, 0.29) is 5.54 Å². The molecule has 0 aliphatic heterocycles. The van der Waals surface area contributed by atoms with E-state index in [9.17, 15) is 0 Å². The van der Waals surface area contributed by atoms with Crippen molar-refractivity contribution in [2.24, 2.45) is 11.7 Å². The second-order valence-electron chi connectivity index (χ2n) is 5.34. The third-order valence-electron chi connectivity index (χ3n) is 3.33. The van der Waals surface area contributed by atoms with Crippen molar-refractivity contribution in [2.45, 2.75) is 59.0 Å². The summed E-state index contributed by atoms with van der Waals surface area (Å²) in [4.78, 5) is 2.40. The van der Waals surface area contributed by atoms with E-state index in [0.29, 0.717) is 6.04 Å². The first-order chi connectivity index (χ1) is 6.33. The number of rotatable bonds is 6. The van der Waals surface area contributed by atoms with E-state index in [1.807, 2.05) is 0 Å². The zero-order valence-electron chi connectivity index (χ0n) is 10.8. The van der Waals surface area contributed by atoms with E-state index in [1.165, 1.54) is 12.8 Å². The van der Waals surface area contributed by atoms with Gasteiger partial charge < -0.3 is 5.73 Å². The third-order valence-corrected chi connectivity index (χ3v) is 3.33. The molecule has 0 heterocycles. The van der Waals surface area contributed by atoms with Crippen molar-refractivity contribution >= 4 is 0 Å². The van der Waals surface area contributed by atoms with Crippen molar-refractivity contribution in [1.82, 2.24) is 4.90 Å². The van der Waals surface area contributed by atoms with Crippen molar-refractivity contribution in [3.8, 4) is 0 Å². The summed E-state index contributed by atoms with van der Waals surface area (Å²) in [5.41, 5.74) is 6.06. The zero-order valence-corrected chi connectivity index (χ0v) is 10.8. The topological polar surface area (TPSA) is 29.3 Å². The van der Waals surface area contributed by atoms with Crippen LogP contribution in [0.4, 0.5) is 0 Å². The molecule has 86 valence electrons. The highest BCUT2D eigenvalue weighted by Gasteiger charge is 2.28. The molecule has 2 nitrogen and oxygen atoms in total. The lowest BCUT2D eigenvalue weighted by molar-refractivity contribution is 0.0944. The molecule has 0 radical (unpaired) electrons. The Balaban J connectivity index is 4.30. The van der Waals surface area contributed by atoms with Gasteiger partial charge in [0.05, 0.1) is 0 Å². The van der Waals surface area contributed by atoms with Crippen LogP contribution < -0.4 is 5.73 Å². The van der Waals surface area contributed by atoms with E-state index in [1.54, 1.807) is 0 Å². The van der Waals surface area contributed by atoms with Gasteiger partial charge >= 0.3 is 0 Å². The maximum Gasteiger partial charge on any atom is 0.0303 e. The molecule has 0 aromatic carbocycles. The average Bonchev–Trinajstić information content (AvgIpc) is 2.12. The van der Waals surface area contributed by atoms with Crippen LogP contribution in [0.1, 0.15) is 47.5 Å². The first kappa shape index (κ1) is 13.9. The van der Waals surface area contributed by atoms with Gasteiger partial charge in [0.15, 0.2) is 0 Å². The van der Waals surface area contributed by atoms with Crippen LogP contribution in [-0.4, -0.2) is 30.1 Å². The van der Waals surface area contributed by atoms with Gasteiger partial charge in [-0.25, -0.2) is 0 Å². The second kappa shape index (κ2) is 5.72. The van der Waals surface area contributed by atoms with Crippen molar-refractivity contribution in [1.29, 1.82) is 0 Å². The molecule has 0 saturated carbocycles. The smallest absolute Gasteiger partial charge is 0.0303 e. The second-order valence-corrected chi connectivity index (χ2v) is 5.34. The van der Waals surface area contributed by atoms with Gasteiger partial charge in [-0.05, 0) is 46.6 Å². The van der Waals surface area contributed by atoms with Gasteiger partial charge in [-0.15, -0.1) is 0 Å². The first-order valence-electron chi connectivity index (χ1n) is 5.76. The highest BCUT2D eigenvalue weighted by molar-refractivity contribution is 4.87. The Morgan fingerprint density at radius 2 is 1.71 bits per heavy atom. The minimum atomic E-state index is 0.165. The molecule has 0 aliphatic carbocycles. The summed E-state index contributed by atoms with van der Waals surface area (Å²) in [6.45, 7) is 12.0. The molecule has 1 atom stereocenters. The van der Waals surface area contributed by atoms with Crippen LogP contribution in [0.5, 0.6) is 0 Å². The Kier molecular flexibility index (Phi) is 5.68. The lowest BCUT2D eigenvalue weighted by Gasteiger charge is -2.41. The van der Waals surface area contributed by atoms with Crippen LogP contribution in [-0.2, 0) is 0 Å². The normalized spacial score (nSPS) is 16.7. The fraction of sp³-hybridized carbons (Fsp3) is 1.00. The monoisotopic (exact) mass is 200 g/mol. The molecule has 0 rings (SSSR count). The lowest BCUT2D eigenvalue weighted by atomic mass is 9.89. The molecule has 0 bridgehead atoms. The van der Waals surface area contributed by atoms with Crippen LogP contribution in [0.2, 0.25) is 0 Å². The van der Waals surface area contributed by atoms with E-state index in [0.717, 1.165) is 12.5 Å². The number of nitrogens with two attached hydrogens (primary N) is 1. The molecule has 0 saturated heterocycles. The molecule has 1 unspecified atom stereocenters. The summed E-state index contributed by atoms with van der Waals surface area (Å²) in [5.74, 6) is 0.765. The molecule has 2 heteroatoms. The molecular weight excluding hydrogens is 172 g/mol. The van der Waals surface area contributed by atoms with Crippen LogP contribution in [0, 0.1) is 5.92 Å². The van der Waals surface area contributed by atoms with Crippen molar-refractivity contribution in [3.05, 3.63) is 0 Å². The highest BCUT2D eigenvalue weighted by Crippen LogP contribution is 2.23. The summed E-state index contributed by atoms with van der Waals surface area (Å²) < 4.78 is 0. The minimum Gasteiger partial charge on any atom is -0.329 e. The molecule has 14 heavy (non-hydrogen) atoms. The minimum absolute atomic E-state index is 0.165. The Hall–Kier alpha value is -0.0800. The molecule has 0 amide bonds. The van der Waals surface area contributed by atoms with Gasteiger partial charge in [-0.2, -0.15) is 0 Å². The Labute approximate surface area is 89.9 Å². The van der Waals surface area contributed by atoms with Gasteiger partial charge in [0.1, 0.15) is 0 Å². The van der Waals surface area contributed by atoms with Crippen LogP contribution in [0.3, 0.4) is 0 Å². The first-order valence-corrected chi connectivity index (χ1v) is 5.76. The van der Waals surface area contributed by atoms with Gasteiger partial charge in [-0.1, -0.05) is 13.8 Å². The largest absolute Gasteiger partial charge is 0.329 e. The SMILES string of the molecule is CC(C)CCC(C)(CN)N(C)C(C)C. The predicted octanol–water partition coefficient (Wildman–Crippen LogP) is 2.48. The zero-order chi connectivity index (χ0) is 11.4. The van der Waals surface area contributed by atoms with E-state index in [2.05, 4.69) is 46.6 Å². The maximum absolute atomic E-state index is 5.89. The summed E-state index contributed by atoms with van der Waals surface area (Å²) in [6.07, 6.45) is 2.45. The Morgan fingerprint density at radius 3 is 2.00 bits per heavy atom. The lowest BCUT2D eigenvalue weighted by Crippen LogP contribution is -2.52. The third kappa shape index (κ3) is 3.97. The van der Waals surface area contributed by atoms with Crippen LogP contribution in [0.25, 0.3) is 0 Å². The molecule has 0 fully saturated rings. The molecule has 2 N–H and O–H groups in total. The van der Waals surface area contributed by atoms with Gasteiger partial charge in [-0.3, -0.25) is 4.90 Å². The number of nitrogens with zero attached hydrogens (tertiary/aromatic N) is 1. The quantitative estimate of drug-likeness (QED) is 0.714. The number of likely N-dealkylation sites (N-methyl/N-ethyl adjacent to an activating group) is 1. The van der Waals surface area contributed by atoms with E-state index < -0.39 is 0 Å². The van der Waals surface area contributed by atoms with Crippen LogP contribution in [0.15, 0.2) is 0 Å². The summed E-state index contributed by atoms with van der Waals surface area (Å²) in [7, 11) is 2.18. The molecule has 0 aliphatic rings. The molecular formula is C12H28N2. The number of hydrogen-bond acceptors (Lipinski definition) is 2. The molecule has 0 spiro atoms. The fourth-order valence-electron chi connectivity index (χ4n) is 1.65. The maximum atomic E-state index is 5.89. The van der Waals surface area contributed by atoms with Crippen molar-refractivity contribution in [2.75, 3.05) is 13.6 Å². The fourth-order valence-corrected chi connectivity index (χ4v) is 1.65. The molecule has 0 aromatic heterocycles. The van der Waals surface area contributed by atoms with Crippen molar-refractivity contribution in [3.63, 3.8) is 0 Å². The Morgan fingerprint density at radius 1 is 1.21 bits per heavy atom. The standard InChI is InChI=1S/C12H28N2/c1-10(2)7-8-12(5,9-13)14(6)11(3)4/h10-11H,7-9,13H2,1-6H3. The summed E-state index contributed by atoms with van der Waals surface area (Å²) in [6, 6.07) is 0.565. The Bertz CT molecular complexity index is 154. The van der Waals surface area contributed by atoms with E-state index in [4.69, 9.17) is 5.73 Å². The van der Waals surface area contributed by atoms with Gasteiger partial charge in [0, 0.05) is 18.1 Å². The van der Waals surface area contributed by atoms with Crippen LogP contribution >= 0.6 is 0 Å². The predicted molar refractivity (Wildman–Crippen MR) is 64.4 cm³/mol. The highest BCUT2D eigenvalue weighted by atomic mass is 15.2. The summed E-state index contributed by atoms with van der Waals surface area (Å²) in [5, 5.41) is 0. The number of hydrogen-bond donors (Lipinski definition) is 1. The van der Waals surface area contributed by atoms with Crippen molar-refractivity contribution < 1.29 is 0 Å². The van der Waals surface area contributed by atoms with Gasteiger partial charge in [0.2, 0.25) is 0 Å². The summed E-state index contributed by atoms with van der Waals surface area (Å²) >= 11 is 0. The molecule has 0 aromatic rings. The average molecular weight is 200 g/mol. The van der Waals surface area contributed by atoms with Gasteiger partial charge in [0.25, 0.3) is 0 Å². The van der Waals surface area contributed by atoms with E-state index >= 15 is 0 Å².